The molecule has 1 N–H and O–H groups in total. The summed E-state index contributed by atoms with van der Waals surface area (Å²) in [5.41, 5.74) is 3.18. The fourth-order valence-electron chi connectivity index (χ4n) is 6.91. The van der Waals surface area contributed by atoms with Crippen molar-refractivity contribution in [3.8, 4) is 5.75 Å². The van der Waals surface area contributed by atoms with Crippen molar-refractivity contribution >= 4 is 27.4 Å². The van der Waals surface area contributed by atoms with Crippen LogP contribution in [0.1, 0.15) is 63.5 Å². The highest BCUT2D eigenvalue weighted by Gasteiger charge is 2.54. The van der Waals surface area contributed by atoms with E-state index in [-0.39, 0.29) is 11.0 Å². The molecule has 4 aliphatic carbocycles. The van der Waals surface area contributed by atoms with Crippen molar-refractivity contribution in [2.24, 2.45) is 23.2 Å². The number of benzene rings is 1. The Bertz CT molecular complexity index is 834. The van der Waals surface area contributed by atoms with E-state index >= 15 is 0 Å². The molecule has 4 fully saturated rings. The van der Waals surface area contributed by atoms with Gasteiger partial charge in [0.2, 0.25) is 0 Å². The minimum Gasteiger partial charge on any atom is -0.496 e. The van der Waals surface area contributed by atoms with E-state index in [0.717, 1.165) is 64.9 Å². The van der Waals surface area contributed by atoms with Crippen LogP contribution in [0.25, 0.3) is 5.70 Å². The maximum absolute atomic E-state index is 13.6. The molecule has 0 unspecified atom stereocenters. The van der Waals surface area contributed by atoms with Crippen molar-refractivity contribution in [3.05, 3.63) is 33.8 Å². The molecule has 0 aromatic heterocycles. The topological polar surface area (TPSA) is 38.3 Å². The summed E-state index contributed by atoms with van der Waals surface area (Å²) in [5.74, 6) is 3.58. The molecule has 1 aromatic carbocycles. The Morgan fingerprint density at radius 1 is 1.14 bits per heavy atom. The van der Waals surface area contributed by atoms with Crippen molar-refractivity contribution in [2.75, 3.05) is 7.11 Å². The van der Waals surface area contributed by atoms with Gasteiger partial charge in [0.05, 0.1) is 11.6 Å². The first-order chi connectivity index (χ1) is 13.3. The zero-order valence-electron chi connectivity index (χ0n) is 17.1. The second-order valence-electron chi connectivity index (χ2n) is 10.4. The van der Waals surface area contributed by atoms with Crippen molar-refractivity contribution in [1.29, 1.82) is 0 Å². The molecule has 0 atom stereocenters. The Labute approximate surface area is 176 Å². The number of methoxy groups -OCH3 is 1. The highest BCUT2D eigenvalue weighted by molar-refractivity contribution is 9.10. The SMILES string of the molecule is COc1cc2c(cc1Br)/C(=C\C(=O)C13CC4CC(CC(C4)C1)C3)NC(C)(C)C2. The van der Waals surface area contributed by atoms with Gasteiger partial charge < -0.3 is 10.1 Å². The minimum atomic E-state index is -0.0884. The number of nitrogens with one attached hydrogen (secondary N) is 1. The van der Waals surface area contributed by atoms with E-state index in [1.165, 1.54) is 24.8 Å². The minimum absolute atomic E-state index is 0.0839. The molecular weight excluding hydrogens is 414 g/mol. The van der Waals surface area contributed by atoms with Crippen LogP contribution in [0.3, 0.4) is 0 Å². The molecule has 3 nitrogen and oxygen atoms in total. The quantitative estimate of drug-likeness (QED) is 0.625. The second-order valence-corrected chi connectivity index (χ2v) is 11.3. The number of hydrogen-bond donors (Lipinski definition) is 1. The fourth-order valence-corrected chi connectivity index (χ4v) is 7.42. The standard InChI is InChI=1S/C24H30BrNO2/c1-23(2)13-17-7-21(28-3)19(25)8-18(17)20(26-23)9-22(27)24-10-14-4-15(11-24)6-16(5-14)12-24/h7-9,14-16,26H,4-6,10-13H2,1-3H3/b20-9+. The zero-order chi connectivity index (χ0) is 19.7. The lowest BCUT2D eigenvalue weighted by Crippen LogP contribution is -2.50. The molecule has 6 rings (SSSR count). The summed E-state index contributed by atoms with van der Waals surface area (Å²) in [6.45, 7) is 4.40. The van der Waals surface area contributed by atoms with Crippen LogP contribution in [0.15, 0.2) is 22.7 Å². The highest BCUT2D eigenvalue weighted by Crippen LogP contribution is 2.60. The molecule has 1 aliphatic heterocycles. The third kappa shape index (κ3) is 3.03. The molecule has 4 heteroatoms. The van der Waals surface area contributed by atoms with Crippen LogP contribution in [0.2, 0.25) is 0 Å². The molecule has 0 spiro atoms. The maximum atomic E-state index is 13.6. The number of carbonyl (C=O) groups excluding carboxylic acids is 1. The lowest BCUT2D eigenvalue weighted by atomic mass is 9.48. The summed E-state index contributed by atoms with van der Waals surface area (Å²) in [6.07, 6.45) is 10.3. The smallest absolute Gasteiger partial charge is 0.163 e. The molecule has 5 aliphatic rings. The highest BCUT2D eigenvalue weighted by atomic mass is 79.9. The van der Waals surface area contributed by atoms with Crippen LogP contribution >= 0.6 is 15.9 Å². The molecule has 150 valence electrons. The average molecular weight is 444 g/mol. The number of fused-ring (bicyclic) bond motifs is 1. The van der Waals surface area contributed by atoms with Crippen LogP contribution in [-0.2, 0) is 11.2 Å². The van der Waals surface area contributed by atoms with E-state index in [4.69, 9.17) is 4.74 Å². The first-order valence-electron chi connectivity index (χ1n) is 10.7. The molecule has 0 saturated heterocycles. The predicted octanol–water partition coefficient (Wildman–Crippen LogP) is 5.51. The summed E-state index contributed by atoms with van der Waals surface area (Å²) >= 11 is 3.62. The van der Waals surface area contributed by atoms with Gasteiger partial charge in [-0.2, -0.15) is 0 Å². The van der Waals surface area contributed by atoms with Crippen molar-refractivity contribution in [2.45, 2.75) is 64.3 Å². The number of ether oxygens (including phenoxy) is 1. The molecular formula is C24H30BrNO2. The van der Waals surface area contributed by atoms with Gasteiger partial charge >= 0.3 is 0 Å². The van der Waals surface area contributed by atoms with E-state index in [1.807, 2.05) is 6.08 Å². The first-order valence-corrected chi connectivity index (χ1v) is 11.5. The van der Waals surface area contributed by atoms with E-state index < -0.39 is 0 Å². The number of allylic oxidation sites excluding steroid dienone is 1. The van der Waals surface area contributed by atoms with Crippen molar-refractivity contribution in [3.63, 3.8) is 0 Å². The van der Waals surface area contributed by atoms with Gasteiger partial charge in [0.15, 0.2) is 5.78 Å². The fraction of sp³-hybridized carbons (Fsp3) is 0.625. The van der Waals surface area contributed by atoms with Crippen molar-refractivity contribution in [1.82, 2.24) is 5.32 Å². The summed E-state index contributed by atoms with van der Waals surface area (Å²) in [7, 11) is 1.70. The maximum Gasteiger partial charge on any atom is 0.163 e. The van der Waals surface area contributed by atoms with Crippen LogP contribution in [0.5, 0.6) is 5.75 Å². The van der Waals surface area contributed by atoms with E-state index in [0.29, 0.717) is 5.78 Å². The molecule has 1 heterocycles. The lowest BCUT2D eigenvalue weighted by Gasteiger charge is -2.55. The molecule has 0 amide bonds. The molecule has 1 aromatic rings. The third-order valence-electron chi connectivity index (χ3n) is 7.61. The monoisotopic (exact) mass is 443 g/mol. The van der Waals surface area contributed by atoms with E-state index in [1.54, 1.807) is 7.11 Å². The second kappa shape index (κ2) is 6.35. The number of carbonyl (C=O) groups is 1. The van der Waals surface area contributed by atoms with E-state index in [2.05, 4.69) is 47.2 Å². The van der Waals surface area contributed by atoms with Gasteiger partial charge in [0, 0.05) is 28.3 Å². The number of hydrogen-bond acceptors (Lipinski definition) is 3. The third-order valence-corrected chi connectivity index (χ3v) is 8.23. The van der Waals surface area contributed by atoms with Gasteiger partial charge in [-0.1, -0.05) is 0 Å². The normalized spacial score (nSPS) is 36.1. The Balaban J connectivity index is 1.53. The number of halogens is 1. The molecule has 0 radical (unpaired) electrons. The number of ketones is 1. The van der Waals surface area contributed by atoms with Gasteiger partial charge in [0.1, 0.15) is 5.75 Å². The summed E-state index contributed by atoms with van der Waals surface area (Å²) in [4.78, 5) is 13.6. The van der Waals surface area contributed by atoms with Gasteiger partial charge in [-0.05, 0) is 110 Å². The van der Waals surface area contributed by atoms with Crippen LogP contribution in [0, 0.1) is 23.2 Å². The lowest BCUT2D eigenvalue weighted by molar-refractivity contribution is -0.138. The zero-order valence-corrected chi connectivity index (χ0v) is 18.7. The van der Waals surface area contributed by atoms with Gasteiger partial charge in [-0.3, -0.25) is 4.79 Å². The molecule has 4 bridgehead atoms. The van der Waals surface area contributed by atoms with Gasteiger partial charge in [-0.25, -0.2) is 0 Å². The Kier molecular flexibility index (Phi) is 4.25. The Hall–Kier alpha value is -1.29. The largest absolute Gasteiger partial charge is 0.496 e. The first kappa shape index (κ1) is 18.7. The Morgan fingerprint density at radius 2 is 1.75 bits per heavy atom. The van der Waals surface area contributed by atoms with E-state index in [9.17, 15) is 4.79 Å². The van der Waals surface area contributed by atoms with Crippen molar-refractivity contribution < 1.29 is 9.53 Å². The molecule has 4 saturated carbocycles. The summed E-state index contributed by atoms with van der Waals surface area (Å²) in [6, 6.07) is 4.22. The van der Waals surface area contributed by atoms with Gasteiger partial charge in [0.25, 0.3) is 0 Å². The van der Waals surface area contributed by atoms with Crippen LogP contribution in [-0.4, -0.2) is 18.4 Å². The number of rotatable bonds is 3. The van der Waals surface area contributed by atoms with Crippen LogP contribution < -0.4 is 10.1 Å². The predicted molar refractivity (Wildman–Crippen MR) is 115 cm³/mol. The van der Waals surface area contributed by atoms with Crippen LogP contribution in [0.4, 0.5) is 0 Å². The Morgan fingerprint density at radius 3 is 2.32 bits per heavy atom. The average Bonchev–Trinajstić information content (AvgIpc) is 2.60. The summed E-state index contributed by atoms with van der Waals surface area (Å²) < 4.78 is 6.44. The summed E-state index contributed by atoms with van der Waals surface area (Å²) in [5, 5.41) is 3.66. The van der Waals surface area contributed by atoms with Gasteiger partial charge in [-0.15, -0.1) is 0 Å². The molecule has 28 heavy (non-hydrogen) atoms.